The van der Waals surface area contributed by atoms with E-state index in [9.17, 15) is 0 Å². The lowest BCUT2D eigenvalue weighted by Gasteiger charge is -2.11. The number of aryl methyl sites for hydroxylation is 1. The van der Waals surface area contributed by atoms with Crippen LogP contribution in [0, 0.1) is 6.92 Å². The molecule has 0 radical (unpaired) electrons. The number of aromatic nitrogens is 2. The van der Waals surface area contributed by atoms with E-state index in [1.807, 2.05) is 12.4 Å². The molecule has 0 aliphatic carbocycles. The van der Waals surface area contributed by atoms with Crippen molar-refractivity contribution >= 4 is 0 Å². The lowest BCUT2D eigenvalue weighted by atomic mass is 10.2. The molecule has 1 N–H and O–H groups in total. The second-order valence-corrected chi connectivity index (χ2v) is 5.16. The van der Waals surface area contributed by atoms with Gasteiger partial charge in [0.05, 0.1) is 0 Å². The Labute approximate surface area is 115 Å². The predicted molar refractivity (Wildman–Crippen MR) is 79.2 cm³/mol. The van der Waals surface area contributed by atoms with Crippen LogP contribution in [-0.2, 0) is 6.54 Å². The summed E-state index contributed by atoms with van der Waals surface area (Å²) in [6.45, 7) is 8.43. The summed E-state index contributed by atoms with van der Waals surface area (Å²) in [6, 6.07) is 4.79. The molecule has 2 aromatic rings. The zero-order chi connectivity index (χ0) is 13.7. The Kier molecular flexibility index (Phi) is 4.74. The van der Waals surface area contributed by atoms with Gasteiger partial charge in [0.1, 0.15) is 0 Å². The van der Waals surface area contributed by atoms with E-state index in [4.69, 9.17) is 0 Å². The Morgan fingerprint density at radius 3 is 2.95 bits per heavy atom. The van der Waals surface area contributed by atoms with Gasteiger partial charge in [0.25, 0.3) is 0 Å². The SMILES string of the molecule is CCCNC(C)c1ccn(Cc2cncc(C)c2)c1. The maximum Gasteiger partial charge on any atom is 0.0485 e. The lowest BCUT2D eigenvalue weighted by molar-refractivity contribution is 0.569. The van der Waals surface area contributed by atoms with E-state index >= 15 is 0 Å². The van der Waals surface area contributed by atoms with Crippen molar-refractivity contribution in [1.82, 2.24) is 14.9 Å². The molecule has 0 fully saturated rings. The van der Waals surface area contributed by atoms with E-state index in [1.165, 1.54) is 23.1 Å². The molecule has 0 saturated carbocycles. The quantitative estimate of drug-likeness (QED) is 0.860. The molecule has 0 spiro atoms. The van der Waals surface area contributed by atoms with Crippen LogP contribution >= 0.6 is 0 Å². The van der Waals surface area contributed by atoms with Crippen molar-refractivity contribution in [3.8, 4) is 0 Å². The Morgan fingerprint density at radius 2 is 2.21 bits per heavy atom. The van der Waals surface area contributed by atoms with Crippen molar-refractivity contribution in [1.29, 1.82) is 0 Å². The van der Waals surface area contributed by atoms with Crippen LogP contribution in [0.2, 0.25) is 0 Å². The Hall–Kier alpha value is -1.61. The van der Waals surface area contributed by atoms with Gasteiger partial charge in [0.15, 0.2) is 0 Å². The first-order valence-electron chi connectivity index (χ1n) is 6.98. The largest absolute Gasteiger partial charge is 0.350 e. The van der Waals surface area contributed by atoms with Gasteiger partial charge in [-0.05, 0) is 49.6 Å². The van der Waals surface area contributed by atoms with Crippen molar-refractivity contribution in [3.63, 3.8) is 0 Å². The van der Waals surface area contributed by atoms with E-state index in [0.717, 1.165) is 13.1 Å². The lowest BCUT2D eigenvalue weighted by Crippen LogP contribution is -2.18. The number of nitrogens with zero attached hydrogens (tertiary/aromatic N) is 2. The molecule has 0 bridgehead atoms. The average Bonchev–Trinajstić information content (AvgIpc) is 2.84. The molecule has 0 aromatic carbocycles. The van der Waals surface area contributed by atoms with Gasteiger partial charge in [-0.1, -0.05) is 13.0 Å². The second kappa shape index (κ2) is 6.53. The molecule has 0 aliphatic rings. The van der Waals surface area contributed by atoms with Gasteiger partial charge in [0, 0.05) is 37.4 Å². The molecule has 2 rings (SSSR count). The Bertz CT molecular complexity index is 516. The summed E-state index contributed by atoms with van der Waals surface area (Å²) in [4.78, 5) is 4.24. The summed E-state index contributed by atoms with van der Waals surface area (Å²) in [7, 11) is 0. The zero-order valence-electron chi connectivity index (χ0n) is 12.1. The monoisotopic (exact) mass is 257 g/mol. The van der Waals surface area contributed by atoms with Gasteiger partial charge in [-0.3, -0.25) is 4.98 Å². The number of nitrogens with one attached hydrogen (secondary N) is 1. The highest BCUT2D eigenvalue weighted by Gasteiger charge is 2.06. The van der Waals surface area contributed by atoms with Crippen molar-refractivity contribution in [2.45, 2.75) is 39.8 Å². The fraction of sp³-hybridized carbons (Fsp3) is 0.438. The van der Waals surface area contributed by atoms with Gasteiger partial charge in [-0.15, -0.1) is 0 Å². The minimum Gasteiger partial charge on any atom is -0.350 e. The van der Waals surface area contributed by atoms with Gasteiger partial charge < -0.3 is 9.88 Å². The molecule has 2 heterocycles. The highest BCUT2D eigenvalue weighted by atomic mass is 15.0. The molecule has 0 saturated heterocycles. The molecule has 102 valence electrons. The molecular formula is C16H23N3. The van der Waals surface area contributed by atoms with Gasteiger partial charge >= 0.3 is 0 Å². The number of rotatable bonds is 6. The second-order valence-electron chi connectivity index (χ2n) is 5.16. The minimum atomic E-state index is 0.414. The Balaban J connectivity index is 2.01. The molecular weight excluding hydrogens is 234 g/mol. The fourth-order valence-corrected chi connectivity index (χ4v) is 2.21. The van der Waals surface area contributed by atoms with E-state index < -0.39 is 0 Å². The molecule has 3 nitrogen and oxygen atoms in total. The van der Waals surface area contributed by atoms with Gasteiger partial charge in [-0.25, -0.2) is 0 Å². The van der Waals surface area contributed by atoms with Gasteiger partial charge in [0.2, 0.25) is 0 Å². The molecule has 1 atom stereocenters. The maximum absolute atomic E-state index is 4.24. The molecule has 2 aromatic heterocycles. The smallest absolute Gasteiger partial charge is 0.0485 e. The van der Waals surface area contributed by atoms with E-state index in [1.54, 1.807) is 0 Å². The third-order valence-corrected chi connectivity index (χ3v) is 3.27. The summed E-state index contributed by atoms with van der Waals surface area (Å²) in [5, 5.41) is 3.51. The highest BCUT2D eigenvalue weighted by Crippen LogP contribution is 2.14. The van der Waals surface area contributed by atoms with Crippen LogP contribution in [0.15, 0.2) is 36.9 Å². The van der Waals surface area contributed by atoms with Crippen LogP contribution in [0.4, 0.5) is 0 Å². The number of hydrogen-bond donors (Lipinski definition) is 1. The number of hydrogen-bond acceptors (Lipinski definition) is 2. The fourth-order valence-electron chi connectivity index (χ4n) is 2.21. The van der Waals surface area contributed by atoms with Crippen LogP contribution in [0.3, 0.4) is 0 Å². The van der Waals surface area contributed by atoms with Crippen molar-refractivity contribution in [3.05, 3.63) is 53.6 Å². The van der Waals surface area contributed by atoms with Crippen LogP contribution in [0.5, 0.6) is 0 Å². The molecule has 1 unspecified atom stereocenters. The molecule has 3 heteroatoms. The van der Waals surface area contributed by atoms with Crippen LogP contribution in [0.25, 0.3) is 0 Å². The van der Waals surface area contributed by atoms with E-state index in [-0.39, 0.29) is 0 Å². The summed E-state index contributed by atoms with van der Waals surface area (Å²) in [6.07, 6.45) is 9.35. The third-order valence-electron chi connectivity index (χ3n) is 3.27. The third kappa shape index (κ3) is 3.93. The minimum absolute atomic E-state index is 0.414. The predicted octanol–water partition coefficient (Wildman–Crippen LogP) is 3.30. The topological polar surface area (TPSA) is 29.9 Å². The zero-order valence-corrected chi connectivity index (χ0v) is 12.1. The van der Waals surface area contributed by atoms with Gasteiger partial charge in [-0.2, -0.15) is 0 Å². The van der Waals surface area contributed by atoms with Crippen molar-refractivity contribution in [2.75, 3.05) is 6.54 Å². The molecule has 0 amide bonds. The first-order chi connectivity index (χ1) is 9.19. The van der Waals surface area contributed by atoms with Crippen LogP contribution in [-0.4, -0.2) is 16.1 Å². The van der Waals surface area contributed by atoms with Crippen LogP contribution < -0.4 is 5.32 Å². The summed E-state index contributed by atoms with van der Waals surface area (Å²) < 4.78 is 2.22. The first kappa shape index (κ1) is 13.8. The average molecular weight is 257 g/mol. The summed E-state index contributed by atoms with van der Waals surface area (Å²) >= 11 is 0. The highest BCUT2D eigenvalue weighted by molar-refractivity contribution is 5.20. The van der Waals surface area contributed by atoms with E-state index in [0.29, 0.717) is 6.04 Å². The van der Waals surface area contributed by atoms with E-state index in [2.05, 4.69) is 60.2 Å². The standard InChI is InChI=1S/C16H23N3/c1-4-6-18-14(3)16-5-7-19(12-16)11-15-8-13(2)9-17-10-15/h5,7-10,12,14,18H,4,6,11H2,1-3H3. The summed E-state index contributed by atoms with van der Waals surface area (Å²) in [5.41, 5.74) is 3.80. The first-order valence-corrected chi connectivity index (χ1v) is 6.98. The van der Waals surface area contributed by atoms with Crippen molar-refractivity contribution in [2.24, 2.45) is 0 Å². The maximum atomic E-state index is 4.24. The summed E-state index contributed by atoms with van der Waals surface area (Å²) in [5.74, 6) is 0. The number of pyridine rings is 1. The van der Waals surface area contributed by atoms with Crippen molar-refractivity contribution < 1.29 is 0 Å². The normalized spacial score (nSPS) is 12.6. The van der Waals surface area contributed by atoms with Crippen LogP contribution in [0.1, 0.15) is 43.0 Å². The Morgan fingerprint density at radius 1 is 1.37 bits per heavy atom. The molecule has 0 aliphatic heterocycles. The molecule has 19 heavy (non-hydrogen) atoms.